The summed E-state index contributed by atoms with van der Waals surface area (Å²) >= 11 is 0. The quantitative estimate of drug-likeness (QED) is 0.375. The molecule has 164 valence electrons. The van der Waals surface area contributed by atoms with Crippen molar-refractivity contribution >= 4 is 17.7 Å². The number of aryl methyl sites for hydroxylation is 1. The van der Waals surface area contributed by atoms with Crippen LogP contribution in [0, 0.1) is 5.92 Å². The molecule has 1 amide bonds. The van der Waals surface area contributed by atoms with E-state index in [2.05, 4.69) is 12.1 Å². The van der Waals surface area contributed by atoms with E-state index in [0.29, 0.717) is 13.0 Å². The van der Waals surface area contributed by atoms with Gasteiger partial charge in [0.2, 0.25) is 5.78 Å². The largest absolute Gasteiger partial charge is 0.497 e. The van der Waals surface area contributed by atoms with Gasteiger partial charge in [-0.15, -0.1) is 0 Å². The fourth-order valence-electron chi connectivity index (χ4n) is 4.18. The summed E-state index contributed by atoms with van der Waals surface area (Å²) in [6, 6.07) is 15.4. The highest BCUT2D eigenvalue weighted by molar-refractivity contribution is 6.43. The number of unbranched alkanes of at least 4 members (excludes halogenated alkanes) is 1. The molecule has 6 heteroatoms. The second kappa shape index (κ2) is 10.8. The Morgan fingerprint density at radius 2 is 1.74 bits per heavy atom. The van der Waals surface area contributed by atoms with E-state index in [0.717, 1.165) is 37.9 Å². The van der Waals surface area contributed by atoms with Crippen LogP contribution in [-0.2, 0) is 16.0 Å². The second-order valence-electron chi connectivity index (χ2n) is 8.03. The molecule has 0 aromatic heterocycles. The van der Waals surface area contributed by atoms with E-state index in [-0.39, 0.29) is 11.5 Å². The van der Waals surface area contributed by atoms with Crippen LogP contribution < -0.4 is 4.74 Å². The molecule has 0 radical (unpaired) electrons. The fourth-order valence-corrected chi connectivity index (χ4v) is 4.18. The Bertz CT molecular complexity index is 894. The third-order valence-electron chi connectivity index (χ3n) is 5.97. The van der Waals surface area contributed by atoms with E-state index in [1.165, 1.54) is 10.5 Å². The molecule has 1 saturated heterocycles. The highest BCUT2D eigenvalue weighted by atomic mass is 16.5. The number of carbonyl (C=O) groups is 3. The summed E-state index contributed by atoms with van der Waals surface area (Å²) in [6.07, 6.45) is 5.03. The first-order valence-corrected chi connectivity index (χ1v) is 10.8. The van der Waals surface area contributed by atoms with Gasteiger partial charge in [-0.2, -0.15) is 0 Å². The van der Waals surface area contributed by atoms with Gasteiger partial charge in [0.25, 0.3) is 5.91 Å². The number of hydrogen-bond acceptors (Lipinski definition) is 4. The lowest BCUT2D eigenvalue weighted by atomic mass is 9.86. The van der Waals surface area contributed by atoms with Gasteiger partial charge in [0.15, 0.2) is 0 Å². The number of benzene rings is 2. The van der Waals surface area contributed by atoms with Crippen molar-refractivity contribution in [1.29, 1.82) is 0 Å². The Morgan fingerprint density at radius 1 is 1.03 bits per heavy atom. The summed E-state index contributed by atoms with van der Waals surface area (Å²) in [5.41, 5.74) is 1.54. The number of ether oxygens (including phenoxy) is 1. The van der Waals surface area contributed by atoms with Gasteiger partial charge in [-0.05, 0) is 49.3 Å². The molecule has 0 saturated carbocycles. The van der Waals surface area contributed by atoms with E-state index in [4.69, 9.17) is 4.74 Å². The van der Waals surface area contributed by atoms with Gasteiger partial charge in [0, 0.05) is 12.1 Å². The maximum absolute atomic E-state index is 12.7. The number of amides is 1. The van der Waals surface area contributed by atoms with Gasteiger partial charge in [-0.3, -0.25) is 9.59 Å². The average Bonchev–Trinajstić information content (AvgIpc) is 2.81. The predicted molar refractivity (Wildman–Crippen MR) is 117 cm³/mol. The van der Waals surface area contributed by atoms with Gasteiger partial charge in [-0.1, -0.05) is 55.3 Å². The van der Waals surface area contributed by atoms with Gasteiger partial charge in [-0.25, -0.2) is 4.79 Å². The Morgan fingerprint density at radius 3 is 2.39 bits per heavy atom. The molecule has 31 heavy (non-hydrogen) atoms. The molecule has 2 aromatic carbocycles. The highest BCUT2D eigenvalue weighted by Crippen LogP contribution is 2.28. The molecule has 6 nitrogen and oxygen atoms in total. The lowest BCUT2D eigenvalue weighted by molar-refractivity contribution is -0.151. The Balaban J connectivity index is 1.50. The summed E-state index contributed by atoms with van der Waals surface area (Å²) < 4.78 is 5.17. The van der Waals surface area contributed by atoms with Crippen LogP contribution in [0.15, 0.2) is 54.6 Å². The van der Waals surface area contributed by atoms with Crippen molar-refractivity contribution in [2.24, 2.45) is 5.92 Å². The molecule has 2 aromatic rings. The summed E-state index contributed by atoms with van der Waals surface area (Å²) in [4.78, 5) is 38.2. The second-order valence-corrected chi connectivity index (χ2v) is 8.03. The van der Waals surface area contributed by atoms with Gasteiger partial charge in [0.05, 0.1) is 7.11 Å². The number of nitrogens with zero attached hydrogens (tertiary/aromatic N) is 1. The first kappa shape index (κ1) is 22.5. The number of ketones is 1. The lowest BCUT2D eigenvalue weighted by Gasteiger charge is -2.36. The topological polar surface area (TPSA) is 83.9 Å². The summed E-state index contributed by atoms with van der Waals surface area (Å²) in [6.45, 7) is 0.303. The third kappa shape index (κ3) is 5.94. The number of piperidine rings is 1. The zero-order valence-electron chi connectivity index (χ0n) is 17.8. The Labute approximate surface area is 182 Å². The van der Waals surface area contributed by atoms with Crippen molar-refractivity contribution in [3.63, 3.8) is 0 Å². The van der Waals surface area contributed by atoms with E-state index in [1.54, 1.807) is 37.4 Å². The molecule has 0 bridgehead atoms. The summed E-state index contributed by atoms with van der Waals surface area (Å²) in [5.74, 6) is -1.33. The molecule has 0 aliphatic carbocycles. The van der Waals surface area contributed by atoms with Crippen LogP contribution in [0.2, 0.25) is 0 Å². The number of carboxylic acid groups (broad SMARTS) is 1. The number of aliphatic carboxylic acids is 1. The SMILES string of the molecule is COc1ccc(CCCCC2CCN(C(=O)C(=O)c3ccccc3)C(C(=O)O)C2)cc1. The number of hydrogen-bond donors (Lipinski definition) is 1. The summed E-state index contributed by atoms with van der Waals surface area (Å²) in [5, 5.41) is 9.68. The maximum Gasteiger partial charge on any atom is 0.326 e. The number of methoxy groups -OCH3 is 1. The molecule has 0 spiro atoms. The Hall–Kier alpha value is -3.15. The maximum atomic E-state index is 12.7. The van der Waals surface area contributed by atoms with E-state index in [1.807, 2.05) is 12.1 Å². The third-order valence-corrected chi connectivity index (χ3v) is 5.97. The molecule has 3 rings (SSSR count). The van der Waals surface area contributed by atoms with Crippen LogP contribution in [0.3, 0.4) is 0 Å². The Kier molecular flexibility index (Phi) is 7.82. The van der Waals surface area contributed by atoms with Crippen LogP contribution in [-0.4, -0.2) is 47.4 Å². The molecule has 1 N–H and O–H groups in total. The van der Waals surface area contributed by atoms with E-state index in [9.17, 15) is 19.5 Å². The molecule has 1 fully saturated rings. The highest BCUT2D eigenvalue weighted by Gasteiger charge is 2.38. The molecule has 1 aliphatic heterocycles. The van der Waals surface area contributed by atoms with E-state index >= 15 is 0 Å². The molecule has 1 aliphatic rings. The number of rotatable bonds is 9. The van der Waals surface area contributed by atoms with Crippen LogP contribution in [0.1, 0.15) is 48.0 Å². The zero-order chi connectivity index (χ0) is 22.2. The molecular formula is C25H29NO5. The van der Waals surface area contributed by atoms with Gasteiger partial charge >= 0.3 is 5.97 Å². The minimum absolute atomic E-state index is 0.243. The van der Waals surface area contributed by atoms with Crippen LogP contribution in [0.5, 0.6) is 5.75 Å². The molecule has 1 heterocycles. The molecule has 2 atom stereocenters. The van der Waals surface area contributed by atoms with Crippen LogP contribution in [0.4, 0.5) is 0 Å². The van der Waals surface area contributed by atoms with Crippen molar-refractivity contribution in [1.82, 2.24) is 4.90 Å². The molecule has 2 unspecified atom stereocenters. The lowest BCUT2D eigenvalue weighted by Crippen LogP contribution is -2.52. The van der Waals surface area contributed by atoms with Crippen molar-refractivity contribution < 1.29 is 24.2 Å². The van der Waals surface area contributed by atoms with Crippen LogP contribution in [0.25, 0.3) is 0 Å². The standard InChI is InChI=1S/C25H29NO5/c1-31-21-13-11-18(12-14-21)7-5-6-8-19-15-16-26(22(17-19)25(29)30)24(28)23(27)20-9-3-2-4-10-20/h2-4,9-14,19,22H,5-8,15-17H2,1H3,(H,29,30). The van der Waals surface area contributed by atoms with Gasteiger partial charge < -0.3 is 14.7 Å². The average molecular weight is 424 g/mol. The number of likely N-dealkylation sites (tertiary alicyclic amines) is 1. The zero-order valence-corrected chi connectivity index (χ0v) is 17.8. The first-order chi connectivity index (χ1) is 15.0. The predicted octanol–water partition coefficient (Wildman–Crippen LogP) is 3.98. The summed E-state index contributed by atoms with van der Waals surface area (Å²) in [7, 11) is 1.65. The number of Topliss-reactive ketones (excluding diaryl/α,β-unsaturated/α-hetero) is 1. The monoisotopic (exact) mass is 423 g/mol. The normalized spacial score (nSPS) is 18.4. The van der Waals surface area contributed by atoms with Crippen molar-refractivity contribution in [3.05, 3.63) is 65.7 Å². The first-order valence-electron chi connectivity index (χ1n) is 10.8. The van der Waals surface area contributed by atoms with Crippen molar-refractivity contribution in [2.45, 2.75) is 44.6 Å². The number of carboxylic acids is 1. The van der Waals surface area contributed by atoms with Crippen molar-refractivity contribution in [3.8, 4) is 5.75 Å². The number of carbonyl (C=O) groups excluding carboxylic acids is 2. The van der Waals surface area contributed by atoms with Crippen LogP contribution >= 0.6 is 0 Å². The van der Waals surface area contributed by atoms with Crippen molar-refractivity contribution in [2.75, 3.05) is 13.7 Å². The van der Waals surface area contributed by atoms with Gasteiger partial charge in [0.1, 0.15) is 11.8 Å². The molecular weight excluding hydrogens is 394 g/mol. The van der Waals surface area contributed by atoms with E-state index < -0.39 is 23.7 Å². The minimum Gasteiger partial charge on any atom is -0.497 e. The fraction of sp³-hybridized carbons (Fsp3) is 0.400. The minimum atomic E-state index is -1.04. The smallest absolute Gasteiger partial charge is 0.326 e.